The van der Waals surface area contributed by atoms with Gasteiger partial charge in [-0.15, -0.1) is 0 Å². The van der Waals surface area contributed by atoms with Gasteiger partial charge >= 0.3 is 11.9 Å². The van der Waals surface area contributed by atoms with E-state index in [1.165, 1.54) is 58.0 Å². The van der Waals surface area contributed by atoms with E-state index in [1.54, 1.807) is 0 Å². The third-order valence-corrected chi connectivity index (χ3v) is 13.9. The van der Waals surface area contributed by atoms with E-state index in [4.69, 9.17) is 14.2 Å². The van der Waals surface area contributed by atoms with Crippen LogP contribution < -0.4 is 17.0 Å². The number of carbonyl (C=O) groups is 2. The minimum Gasteiger partial charge on any atom is -1.00 e. The van der Waals surface area contributed by atoms with Crippen molar-refractivity contribution < 1.29 is 45.3 Å². The predicted molar refractivity (Wildman–Crippen MR) is 163 cm³/mol. The van der Waals surface area contributed by atoms with Crippen molar-refractivity contribution in [2.75, 3.05) is 46.4 Å². The Kier molecular flexibility index (Phi) is 10.3. The fourth-order valence-corrected chi connectivity index (χ4v) is 11.5. The van der Waals surface area contributed by atoms with E-state index < -0.39 is 0 Å². The highest BCUT2D eigenvalue weighted by Crippen LogP contribution is 2.67. The van der Waals surface area contributed by atoms with E-state index in [9.17, 15) is 9.59 Å². The van der Waals surface area contributed by atoms with Crippen molar-refractivity contribution in [3.8, 4) is 0 Å². The molecule has 8 heteroatoms. The number of likely N-dealkylation sites (N-methyl/N-ethyl adjacent to an activating group) is 1. The zero-order valence-electron chi connectivity index (χ0n) is 27.7. The molecule has 2 saturated heterocycles. The number of hydrogen-bond acceptors (Lipinski definition) is 6. The molecule has 6 aliphatic rings. The molecule has 10 atom stereocenters. The third kappa shape index (κ3) is 5.98. The van der Waals surface area contributed by atoms with E-state index in [2.05, 4.69) is 25.8 Å². The van der Waals surface area contributed by atoms with Crippen molar-refractivity contribution in [2.45, 2.75) is 129 Å². The summed E-state index contributed by atoms with van der Waals surface area (Å²) in [7, 11) is 2.47. The fourth-order valence-electron chi connectivity index (χ4n) is 11.5. The maximum atomic E-state index is 12.9. The van der Waals surface area contributed by atoms with Crippen LogP contribution >= 0.6 is 0 Å². The summed E-state index contributed by atoms with van der Waals surface area (Å²) in [5.74, 6) is 2.53. The van der Waals surface area contributed by atoms with Crippen molar-refractivity contribution in [3.63, 3.8) is 0 Å². The van der Waals surface area contributed by atoms with E-state index in [-0.39, 0.29) is 58.0 Å². The molecule has 0 unspecified atom stereocenters. The van der Waals surface area contributed by atoms with E-state index in [0.29, 0.717) is 42.6 Å². The lowest BCUT2D eigenvalue weighted by Crippen LogP contribution is -3.00. The van der Waals surface area contributed by atoms with Crippen LogP contribution in [-0.4, -0.2) is 92.1 Å². The molecule has 4 saturated carbocycles. The maximum absolute atomic E-state index is 12.9. The number of halogens is 1. The summed E-state index contributed by atoms with van der Waals surface area (Å²) < 4.78 is 19.5. The smallest absolute Gasteiger partial charge is 0.306 e. The van der Waals surface area contributed by atoms with Crippen LogP contribution in [0, 0.1) is 34.5 Å². The molecule has 6 rings (SSSR count). The lowest BCUT2D eigenvalue weighted by molar-refractivity contribution is -0.940. The molecular weight excluding hydrogens is 608 g/mol. The molecule has 0 radical (unpaired) electrons. The number of ether oxygens (including phenoxy) is 3. The maximum Gasteiger partial charge on any atom is 0.306 e. The largest absolute Gasteiger partial charge is 1.00 e. The van der Waals surface area contributed by atoms with Gasteiger partial charge in [0.2, 0.25) is 0 Å². The lowest BCUT2D eigenvalue weighted by atomic mass is 9.44. The second-order valence-electron chi connectivity index (χ2n) is 15.8. The molecule has 4 aliphatic carbocycles. The number of carbonyl (C=O) groups excluding carboxylic acids is 2. The lowest BCUT2D eigenvalue weighted by Gasteiger charge is -2.62. The highest BCUT2D eigenvalue weighted by Gasteiger charge is 2.67. The molecule has 0 N–H and O–H groups in total. The van der Waals surface area contributed by atoms with Crippen LogP contribution in [0.4, 0.5) is 0 Å². The average molecular weight is 668 g/mol. The van der Waals surface area contributed by atoms with Crippen LogP contribution in [-0.2, 0) is 23.8 Å². The van der Waals surface area contributed by atoms with Crippen molar-refractivity contribution >= 4 is 11.9 Å². The molecular formula is C35H59BrN2O5. The zero-order chi connectivity index (χ0) is 29.7. The third-order valence-electron chi connectivity index (χ3n) is 13.9. The number of likely N-dealkylation sites (tertiary alicyclic amines) is 1. The van der Waals surface area contributed by atoms with Gasteiger partial charge in [-0.3, -0.25) is 14.5 Å². The highest BCUT2D eigenvalue weighted by molar-refractivity contribution is 5.69. The van der Waals surface area contributed by atoms with Crippen LogP contribution in [0.5, 0.6) is 0 Å². The Balaban J connectivity index is 0.00000368. The first-order chi connectivity index (χ1) is 20.1. The van der Waals surface area contributed by atoms with E-state index >= 15 is 0 Å². The van der Waals surface area contributed by atoms with Gasteiger partial charge in [-0.2, -0.15) is 0 Å². The van der Waals surface area contributed by atoms with E-state index in [0.717, 1.165) is 50.0 Å². The molecule has 0 aromatic rings. The number of hydrogen-bond donors (Lipinski definition) is 0. The Bertz CT molecular complexity index is 999. The van der Waals surface area contributed by atoms with Crippen LogP contribution in [0.2, 0.25) is 0 Å². The van der Waals surface area contributed by atoms with Crippen LogP contribution in [0.25, 0.3) is 0 Å². The van der Waals surface area contributed by atoms with Gasteiger partial charge in [-0.25, -0.2) is 0 Å². The second-order valence-corrected chi connectivity index (χ2v) is 15.8. The number of nitrogens with zero attached hydrogens (tertiary/aromatic N) is 2. The van der Waals surface area contributed by atoms with Gasteiger partial charge in [0, 0.05) is 43.8 Å². The number of piperidine rings is 1. The van der Waals surface area contributed by atoms with Gasteiger partial charge in [0.25, 0.3) is 0 Å². The summed E-state index contributed by atoms with van der Waals surface area (Å²) in [5.41, 5.74) is 0.315. The van der Waals surface area contributed by atoms with Crippen LogP contribution in [0.15, 0.2) is 0 Å². The standard InChI is InChI=1S/C35H59N2O5.BrH/c1-6-31(38)41-30-21-24-11-12-25-26(35(24,4)23-28(30)36-15-19-40-20-16-36)13-14-34(3)27(25)22-29(33(34)42-32(39)7-2)37(5)17-9-8-10-18-37;/h24-30,33H,6-23H2,1-5H3;1H/q+1;/p-1/t24-,25+,26-,27-,28-,29-,30-,33-,34-,35-;/m0./s1. The van der Waals surface area contributed by atoms with Crippen LogP contribution in [0.3, 0.4) is 0 Å². The molecule has 7 nitrogen and oxygen atoms in total. The Morgan fingerprint density at radius 3 is 2.23 bits per heavy atom. The van der Waals surface area contributed by atoms with E-state index in [1.807, 2.05) is 13.8 Å². The first-order valence-electron chi connectivity index (χ1n) is 17.7. The molecule has 0 aromatic heterocycles. The van der Waals surface area contributed by atoms with Crippen molar-refractivity contribution in [3.05, 3.63) is 0 Å². The molecule has 6 fully saturated rings. The Morgan fingerprint density at radius 2 is 1.56 bits per heavy atom. The number of rotatable bonds is 6. The van der Waals surface area contributed by atoms with Crippen molar-refractivity contribution in [1.82, 2.24) is 4.90 Å². The Labute approximate surface area is 271 Å². The molecule has 0 bridgehead atoms. The van der Waals surface area contributed by atoms with Crippen molar-refractivity contribution in [1.29, 1.82) is 0 Å². The minimum absolute atomic E-state index is 0. The topological polar surface area (TPSA) is 65.1 Å². The molecule has 2 aliphatic heterocycles. The quantitative estimate of drug-likeness (QED) is 0.321. The molecule has 2 heterocycles. The summed E-state index contributed by atoms with van der Waals surface area (Å²) in [6, 6.07) is 0.704. The second kappa shape index (κ2) is 13.2. The molecule has 0 amide bonds. The normalized spacial score (nSPS) is 44.2. The highest BCUT2D eigenvalue weighted by atomic mass is 79.9. The molecule has 43 heavy (non-hydrogen) atoms. The van der Waals surface area contributed by atoms with Gasteiger partial charge in [-0.05, 0) is 86.9 Å². The van der Waals surface area contributed by atoms with Crippen molar-refractivity contribution in [2.24, 2.45) is 34.5 Å². The first-order valence-corrected chi connectivity index (χ1v) is 17.7. The van der Waals surface area contributed by atoms with Gasteiger partial charge in [0.05, 0.1) is 33.4 Å². The number of esters is 2. The number of fused-ring (bicyclic) bond motifs is 5. The summed E-state index contributed by atoms with van der Waals surface area (Å²) in [4.78, 5) is 28.0. The SMILES string of the molecule is CCC(=O)O[C@H]1C[C@@H]2CC[C@@H]3[C@H](CC[C@@]4(C)[C@H]3C[C@H]([N+]3(C)CCCCC3)[C@@H]4OC(=O)CC)[C@@]2(C)C[C@@H]1N1CCOCC1.[Br-]. The minimum atomic E-state index is -0.0528. The Morgan fingerprint density at radius 1 is 0.884 bits per heavy atom. The van der Waals surface area contributed by atoms with Crippen LogP contribution in [0.1, 0.15) is 105 Å². The van der Waals surface area contributed by atoms with Gasteiger partial charge in [0.15, 0.2) is 6.10 Å². The molecule has 0 spiro atoms. The number of quaternary nitrogens is 1. The fraction of sp³-hybridized carbons (Fsp3) is 0.943. The first kappa shape index (κ1) is 33.7. The molecule has 246 valence electrons. The summed E-state index contributed by atoms with van der Waals surface area (Å²) >= 11 is 0. The predicted octanol–water partition coefficient (Wildman–Crippen LogP) is 2.60. The molecule has 0 aromatic carbocycles. The van der Waals surface area contributed by atoms with Gasteiger partial charge < -0.3 is 35.7 Å². The number of morpholine rings is 1. The Hall–Kier alpha value is -0.700. The summed E-state index contributed by atoms with van der Waals surface area (Å²) in [5, 5.41) is 0. The summed E-state index contributed by atoms with van der Waals surface area (Å²) in [6.45, 7) is 14.8. The summed E-state index contributed by atoms with van der Waals surface area (Å²) in [6.07, 6.45) is 13.1. The van der Waals surface area contributed by atoms with Gasteiger partial charge in [-0.1, -0.05) is 27.7 Å². The average Bonchev–Trinajstić information content (AvgIpc) is 3.30. The monoisotopic (exact) mass is 666 g/mol. The zero-order valence-corrected chi connectivity index (χ0v) is 29.2. The van der Waals surface area contributed by atoms with Gasteiger partial charge in [0.1, 0.15) is 12.1 Å².